The van der Waals surface area contributed by atoms with Gasteiger partial charge in [0.1, 0.15) is 5.15 Å². The van der Waals surface area contributed by atoms with Crippen molar-refractivity contribution in [3.05, 3.63) is 22.4 Å². The minimum absolute atomic E-state index is 0.0993. The molecule has 0 aliphatic carbocycles. The molecule has 0 bridgehead atoms. The standard InChI is InChI=1S/C8H6Cl3NO2/c1-4(8(11)13)14-5-2-3-6(9)12-7(5)10/h2-4H,1H3. The molecule has 0 spiro atoms. The Labute approximate surface area is 95.9 Å². The highest BCUT2D eigenvalue weighted by Gasteiger charge is 2.13. The molecule has 0 saturated carbocycles. The van der Waals surface area contributed by atoms with E-state index < -0.39 is 11.3 Å². The number of nitrogens with zero attached hydrogens (tertiary/aromatic N) is 1. The lowest BCUT2D eigenvalue weighted by molar-refractivity contribution is -0.117. The molecule has 0 aromatic carbocycles. The SMILES string of the molecule is CC(Oc1ccc(Cl)nc1Cl)C(=O)Cl. The summed E-state index contributed by atoms with van der Waals surface area (Å²) >= 11 is 16.5. The Morgan fingerprint density at radius 1 is 1.50 bits per heavy atom. The molecule has 1 aromatic rings. The van der Waals surface area contributed by atoms with E-state index in [2.05, 4.69) is 4.98 Å². The van der Waals surface area contributed by atoms with Crippen LogP contribution in [-0.2, 0) is 4.79 Å². The molecule has 0 radical (unpaired) electrons. The predicted octanol–water partition coefficient (Wildman–Crippen LogP) is 2.92. The molecule has 0 N–H and O–H groups in total. The van der Waals surface area contributed by atoms with E-state index in [0.717, 1.165) is 0 Å². The number of hydrogen-bond acceptors (Lipinski definition) is 3. The molecule has 0 saturated heterocycles. The van der Waals surface area contributed by atoms with E-state index in [1.54, 1.807) is 0 Å². The number of carbonyl (C=O) groups is 1. The quantitative estimate of drug-likeness (QED) is 0.615. The van der Waals surface area contributed by atoms with Crippen molar-refractivity contribution in [1.82, 2.24) is 4.98 Å². The number of rotatable bonds is 3. The van der Waals surface area contributed by atoms with Crippen LogP contribution in [-0.4, -0.2) is 16.3 Å². The van der Waals surface area contributed by atoms with Crippen molar-refractivity contribution in [2.75, 3.05) is 0 Å². The zero-order valence-electron chi connectivity index (χ0n) is 7.13. The second kappa shape index (κ2) is 4.82. The molecule has 6 heteroatoms. The lowest BCUT2D eigenvalue weighted by atomic mass is 10.4. The van der Waals surface area contributed by atoms with Crippen LogP contribution in [0.1, 0.15) is 6.92 Å². The van der Waals surface area contributed by atoms with Crippen LogP contribution in [0.25, 0.3) is 0 Å². The molecule has 76 valence electrons. The lowest BCUT2D eigenvalue weighted by Crippen LogP contribution is -2.19. The largest absolute Gasteiger partial charge is 0.478 e. The summed E-state index contributed by atoms with van der Waals surface area (Å²) in [5.74, 6) is 0.276. The van der Waals surface area contributed by atoms with Crippen molar-refractivity contribution in [3.63, 3.8) is 0 Å². The number of hydrogen-bond donors (Lipinski definition) is 0. The van der Waals surface area contributed by atoms with E-state index in [1.165, 1.54) is 19.1 Å². The number of ether oxygens (including phenoxy) is 1. The van der Waals surface area contributed by atoms with Gasteiger partial charge in [0.15, 0.2) is 17.0 Å². The maximum atomic E-state index is 10.7. The Morgan fingerprint density at radius 2 is 2.14 bits per heavy atom. The van der Waals surface area contributed by atoms with Gasteiger partial charge in [0.25, 0.3) is 5.24 Å². The van der Waals surface area contributed by atoms with Crippen LogP contribution < -0.4 is 4.74 Å². The second-order valence-electron chi connectivity index (χ2n) is 2.49. The summed E-state index contributed by atoms with van der Waals surface area (Å²) in [7, 11) is 0. The number of aromatic nitrogens is 1. The number of pyridine rings is 1. The molecule has 1 unspecified atom stereocenters. The van der Waals surface area contributed by atoms with Crippen molar-refractivity contribution in [2.24, 2.45) is 0 Å². The van der Waals surface area contributed by atoms with Gasteiger partial charge < -0.3 is 4.74 Å². The summed E-state index contributed by atoms with van der Waals surface area (Å²) in [5.41, 5.74) is 0. The highest BCUT2D eigenvalue weighted by molar-refractivity contribution is 6.64. The van der Waals surface area contributed by atoms with Gasteiger partial charge in [-0.25, -0.2) is 4.98 Å². The van der Waals surface area contributed by atoms with Gasteiger partial charge in [-0.1, -0.05) is 23.2 Å². The van der Waals surface area contributed by atoms with Crippen molar-refractivity contribution < 1.29 is 9.53 Å². The molecule has 0 amide bonds. The Kier molecular flexibility index (Phi) is 3.98. The fourth-order valence-corrected chi connectivity index (χ4v) is 1.16. The first-order valence-corrected chi connectivity index (χ1v) is 4.82. The number of carbonyl (C=O) groups excluding carboxylic acids is 1. The van der Waals surface area contributed by atoms with Gasteiger partial charge in [-0.15, -0.1) is 0 Å². The predicted molar refractivity (Wildman–Crippen MR) is 55.2 cm³/mol. The third kappa shape index (κ3) is 3.01. The Morgan fingerprint density at radius 3 is 2.64 bits per heavy atom. The molecule has 3 nitrogen and oxygen atoms in total. The van der Waals surface area contributed by atoms with Crippen molar-refractivity contribution in [1.29, 1.82) is 0 Å². The fraction of sp³-hybridized carbons (Fsp3) is 0.250. The summed E-state index contributed by atoms with van der Waals surface area (Å²) < 4.78 is 5.13. The molecule has 14 heavy (non-hydrogen) atoms. The molecule has 1 heterocycles. The van der Waals surface area contributed by atoms with Crippen LogP contribution in [0.4, 0.5) is 0 Å². The summed E-state index contributed by atoms with van der Waals surface area (Å²) in [6.45, 7) is 1.51. The fourth-order valence-electron chi connectivity index (χ4n) is 0.724. The zero-order valence-corrected chi connectivity index (χ0v) is 9.40. The lowest BCUT2D eigenvalue weighted by Gasteiger charge is -2.10. The van der Waals surface area contributed by atoms with E-state index in [9.17, 15) is 4.79 Å². The molecule has 0 fully saturated rings. The normalized spacial score (nSPS) is 12.3. The van der Waals surface area contributed by atoms with Gasteiger partial charge in [0.2, 0.25) is 0 Å². The van der Waals surface area contributed by atoms with Gasteiger partial charge in [-0.3, -0.25) is 4.79 Å². The summed E-state index contributed by atoms with van der Waals surface area (Å²) in [4.78, 5) is 14.4. The van der Waals surface area contributed by atoms with Gasteiger partial charge in [-0.05, 0) is 30.7 Å². The monoisotopic (exact) mass is 253 g/mol. The van der Waals surface area contributed by atoms with Gasteiger partial charge in [0, 0.05) is 0 Å². The first kappa shape index (κ1) is 11.6. The maximum absolute atomic E-state index is 10.7. The molecule has 1 atom stereocenters. The zero-order chi connectivity index (χ0) is 10.7. The van der Waals surface area contributed by atoms with Crippen molar-refractivity contribution in [3.8, 4) is 5.75 Å². The Bertz CT molecular complexity index is 356. The highest BCUT2D eigenvalue weighted by Crippen LogP contribution is 2.25. The van der Waals surface area contributed by atoms with Crippen molar-refractivity contribution >= 4 is 40.0 Å². The van der Waals surface area contributed by atoms with Crippen LogP contribution >= 0.6 is 34.8 Å². The molecule has 1 aromatic heterocycles. The maximum Gasteiger partial charge on any atom is 0.262 e. The topological polar surface area (TPSA) is 39.2 Å². The molecular formula is C8H6Cl3NO2. The van der Waals surface area contributed by atoms with Crippen molar-refractivity contribution in [2.45, 2.75) is 13.0 Å². The average Bonchev–Trinajstić information content (AvgIpc) is 2.09. The summed E-state index contributed by atoms with van der Waals surface area (Å²) in [6, 6.07) is 3.03. The summed E-state index contributed by atoms with van der Waals surface area (Å²) in [6.07, 6.45) is -0.767. The van der Waals surface area contributed by atoms with E-state index in [0.29, 0.717) is 0 Å². The Balaban J connectivity index is 2.82. The molecule has 0 aliphatic rings. The van der Waals surface area contributed by atoms with Crippen LogP contribution in [0.5, 0.6) is 5.75 Å². The molecule has 0 aliphatic heterocycles. The van der Waals surface area contributed by atoms with Crippen LogP contribution in [0.2, 0.25) is 10.3 Å². The van der Waals surface area contributed by atoms with Gasteiger partial charge >= 0.3 is 0 Å². The second-order valence-corrected chi connectivity index (χ2v) is 3.60. The third-order valence-corrected chi connectivity index (χ3v) is 2.19. The Hall–Kier alpha value is -0.510. The molecule has 1 rings (SSSR count). The van der Waals surface area contributed by atoms with E-state index >= 15 is 0 Å². The van der Waals surface area contributed by atoms with E-state index in [4.69, 9.17) is 39.5 Å². The average molecular weight is 254 g/mol. The van der Waals surface area contributed by atoms with Gasteiger partial charge in [0.05, 0.1) is 0 Å². The smallest absolute Gasteiger partial charge is 0.262 e. The van der Waals surface area contributed by atoms with Gasteiger partial charge in [-0.2, -0.15) is 0 Å². The van der Waals surface area contributed by atoms with E-state index in [1.807, 2.05) is 0 Å². The van der Waals surface area contributed by atoms with E-state index in [-0.39, 0.29) is 16.1 Å². The first-order chi connectivity index (χ1) is 6.50. The minimum Gasteiger partial charge on any atom is -0.478 e. The molecular weight excluding hydrogens is 248 g/mol. The number of halogens is 3. The summed E-state index contributed by atoms with van der Waals surface area (Å²) in [5, 5.41) is -0.245. The minimum atomic E-state index is -0.767. The highest BCUT2D eigenvalue weighted by atomic mass is 35.5. The van der Waals surface area contributed by atoms with Crippen LogP contribution in [0, 0.1) is 0 Å². The van der Waals surface area contributed by atoms with Crippen LogP contribution in [0.15, 0.2) is 12.1 Å². The van der Waals surface area contributed by atoms with Crippen LogP contribution in [0.3, 0.4) is 0 Å². The third-order valence-electron chi connectivity index (χ3n) is 1.40. The first-order valence-electron chi connectivity index (χ1n) is 3.68.